The maximum Gasteiger partial charge on any atom is 0.226 e. The first-order valence-corrected chi connectivity index (χ1v) is 7.39. The molecule has 3 N–H and O–H groups in total. The summed E-state index contributed by atoms with van der Waals surface area (Å²) < 4.78 is 5.25. The van der Waals surface area contributed by atoms with Gasteiger partial charge in [0.25, 0.3) is 0 Å². The van der Waals surface area contributed by atoms with Crippen molar-refractivity contribution in [3.63, 3.8) is 0 Å². The van der Waals surface area contributed by atoms with Crippen LogP contribution in [0.25, 0.3) is 0 Å². The second-order valence-corrected chi connectivity index (χ2v) is 5.90. The predicted octanol–water partition coefficient (Wildman–Crippen LogP) is 0.424. The average Bonchev–Trinajstić information content (AvgIpc) is 2.46. The average molecular weight is 270 g/mol. The number of rotatable bonds is 4. The zero-order valence-electron chi connectivity index (χ0n) is 11.8. The Labute approximate surface area is 115 Å². The molecule has 0 unspecified atom stereocenters. The standard InChI is InChI=1S/C14H26N2O3/c1-2-13(3-7-15-8-4-13)12(17)16-11-14(18)5-9-19-10-6-14/h15,18H,2-11H2,1H3,(H,16,17). The molecular weight excluding hydrogens is 244 g/mol. The van der Waals surface area contributed by atoms with Crippen LogP contribution in [-0.2, 0) is 9.53 Å². The zero-order valence-corrected chi connectivity index (χ0v) is 11.8. The van der Waals surface area contributed by atoms with Gasteiger partial charge in [-0.1, -0.05) is 6.92 Å². The summed E-state index contributed by atoms with van der Waals surface area (Å²) in [4.78, 5) is 12.5. The molecule has 0 bridgehead atoms. The summed E-state index contributed by atoms with van der Waals surface area (Å²) in [6.07, 6.45) is 3.84. The van der Waals surface area contributed by atoms with Crippen molar-refractivity contribution >= 4 is 5.91 Å². The molecule has 0 aliphatic carbocycles. The molecule has 1 amide bonds. The van der Waals surface area contributed by atoms with Crippen LogP contribution in [0.3, 0.4) is 0 Å². The minimum absolute atomic E-state index is 0.108. The molecule has 0 aromatic carbocycles. The van der Waals surface area contributed by atoms with E-state index in [0.29, 0.717) is 32.6 Å². The Morgan fingerprint density at radius 3 is 2.47 bits per heavy atom. The van der Waals surface area contributed by atoms with Crippen LogP contribution in [0, 0.1) is 5.41 Å². The summed E-state index contributed by atoms with van der Waals surface area (Å²) in [5.74, 6) is 0.108. The van der Waals surface area contributed by atoms with Crippen LogP contribution in [0.4, 0.5) is 0 Å². The summed E-state index contributed by atoms with van der Waals surface area (Å²) in [6.45, 7) is 5.39. The molecule has 5 nitrogen and oxygen atoms in total. The minimum Gasteiger partial charge on any atom is -0.388 e. The lowest BCUT2D eigenvalue weighted by Gasteiger charge is -2.37. The van der Waals surface area contributed by atoms with E-state index in [2.05, 4.69) is 17.6 Å². The molecule has 0 spiro atoms. The van der Waals surface area contributed by atoms with Crippen LogP contribution in [0.15, 0.2) is 0 Å². The van der Waals surface area contributed by atoms with Crippen molar-refractivity contribution in [1.82, 2.24) is 10.6 Å². The van der Waals surface area contributed by atoms with E-state index in [0.717, 1.165) is 32.4 Å². The monoisotopic (exact) mass is 270 g/mol. The van der Waals surface area contributed by atoms with E-state index >= 15 is 0 Å². The molecule has 5 heteroatoms. The van der Waals surface area contributed by atoms with Gasteiger partial charge in [-0.3, -0.25) is 4.79 Å². The van der Waals surface area contributed by atoms with Crippen molar-refractivity contribution in [3.8, 4) is 0 Å². The number of carbonyl (C=O) groups excluding carboxylic acids is 1. The Balaban J connectivity index is 1.88. The lowest BCUT2D eigenvalue weighted by atomic mass is 9.75. The summed E-state index contributed by atoms with van der Waals surface area (Å²) in [5, 5.41) is 16.6. The van der Waals surface area contributed by atoms with Crippen LogP contribution in [0.2, 0.25) is 0 Å². The second-order valence-electron chi connectivity index (χ2n) is 5.90. The molecule has 19 heavy (non-hydrogen) atoms. The molecule has 110 valence electrons. The summed E-state index contributed by atoms with van der Waals surface area (Å²) in [5.41, 5.74) is -1.03. The maximum atomic E-state index is 12.5. The molecule has 0 aromatic rings. The number of hydrogen-bond acceptors (Lipinski definition) is 4. The van der Waals surface area contributed by atoms with Gasteiger partial charge in [0.1, 0.15) is 0 Å². The SMILES string of the molecule is CCC1(C(=O)NCC2(O)CCOCC2)CCNCC1. The van der Waals surface area contributed by atoms with Crippen LogP contribution in [-0.4, -0.2) is 49.5 Å². The van der Waals surface area contributed by atoms with Gasteiger partial charge in [0.15, 0.2) is 0 Å². The van der Waals surface area contributed by atoms with Crippen LogP contribution >= 0.6 is 0 Å². The van der Waals surface area contributed by atoms with Crippen LogP contribution in [0.5, 0.6) is 0 Å². The molecule has 2 aliphatic rings. The van der Waals surface area contributed by atoms with Gasteiger partial charge in [-0.25, -0.2) is 0 Å². The van der Waals surface area contributed by atoms with E-state index in [1.807, 2.05) is 0 Å². The van der Waals surface area contributed by atoms with Crippen molar-refractivity contribution in [2.24, 2.45) is 5.41 Å². The quantitative estimate of drug-likeness (QED) is 0.692. The predicted molar refractivity (Wildman–Crippen MR) is 72.8 cm³/mol. The fourth-order valence-corrected chi connectivity index (χ4v) is 3.01. The summed E-state index contributed by atoms with van der Waals surface area (Å²) >= 11 is 0. The number of ether oxygens (including phenoxy) is 1. The molecule has 2 fully saturated rings. The van der Waals surface area contributed by atoms with Gasteiger partial charge in [-0.15, -0.1) is 0 Å². The molecule has 0 saturated carbocycles. The van der Waals surface area contributed by atoms with Gasteiger partial charge in [-0.2, -0.15) is 0 Å². The summed E-state index contributed by atoms with van der Waals surface area (Å²) in [6, 6.07) is 0. The smallest absolute Gasteiger partial charge is 0.226 e. The maximum absolute atomic E-state index is 12.5. The highest BCUT2D eigenvalue weighted by Crippen LogP contribution is 2.33. The number of nitrogens with one attached hydrogen (secondary N) is 2. The first-order valence-electron chi connectivity index (χ1n) is 7.39. The first kappa shape index (κ1) is 14.8. The van der Waals surface area contributed by atoms with Gasteiger partial charge in [0.2, 0.25) is 5.91 Å². The molecule has 0 atom stereocenters. The fourth-order valence-electron chi connectivity index (χ4n) is 3.01. The van der Waals surface area contributed by atoms with Crippen molar-refractivity contribution < 1.29 is 14.6 Å². The van der Waals surface area contributed by atoms with Crippen LogP contribution in [0.1, 0.15) is 39.0 Å². The van der Waals surface area contributed by atoms with Gasteiger partial charge in [0.05, 0.1) is 11.0 Å². The van der Waals surface area contributed by atoms with E-state index in [-0.39, 0.29) is 11.3 Å². The Kier molecular flexibility index (Phi) is 4.81. The van der Waals surface area contributed by atoms with E-state index < -0.39 is 5.60 Å². The van der Waals surface area contributed by atoms with Gasteiger partial charge >= 0.3 is 0 Å². The highest BCUT2D eigenvalue weighted by molar-refractivity contribution is 5.82. The first-order chi connectivity index (χ1) is 9.10. The van der Waals surface area contributed by atoms with Gasteiger partial charge in [-0.05, 0) is 32.4 Å². The summed E-state index contributed by atoms with van der Waals surface area (Å²) in [7, 11) is 0. The topological polar surface area (TPSA) is 70.6 Å². The third-order valence-corrected chi connectivity index (χ3v) is 4.72. The third-order valence-electron chi connectivity index (χ3n) is 4.72. The number of amides is 1. The van der Waals surface area contributed by atoms with Gasteiger partial charge < -0.3 is 20.5 Å². The largest absolute Gasteiger partial charge is 0.388 e. The number of hydrogen-bond donors (Lipinski definition) is 3. The Morgan fingerprint density at radius 1 is 1.26 bits per heavy atom. The normalized spacial score (nSPS) is 25.8. The highest BCUT2D eigenvalue weighted by atomic mass is 16.5. The van der Waals surface area contributed by atoms with E-state index in [9.17, 15) is 9.90 Å². The van der Waals surface area contributed by atoms with Crippen molar-refractivity contribution in [3.05, 3.63) is 0 Å². The Hall–Kier alpha value is -0.650. The fraction of sp³-hybridized carbons (Fsp3) is 0.929. The molecule has 0 radical (unpaired) electrons. The molecule has 2 rings (SSSR count). The molecule has 2 aliphatic heterocycles. The van der Waals surface area contributed by atoms with E-state index in [4.69, 9.17) is 4.74 Å². The third kappa shape index (κ3) is 3.46. The number of carbonyl (C=O) groups is 1. The van der Waals surface area contributed by atoms with E-state index in [1.165, 1.54) is 0 Å². The van der Waals surface area contributed by atoms with Crippen LogP contribution < -0.4 is 10.6 Å². The molecule has 0 aromatic heterocycles. The minimum atomic E-state index is -0.782. The Bertz CT molecular complexity index is 308. The molecule has 2 heterocycles. The van der Waals surface area contributed by atoms with Crippen molar-refractivity contribution in [1.29, 1.82) is 0 Å². The lowest BCUT2D eigenvalue weighted by Crippen LogP contribution is -2.52. The molecule has 2 saturated heterocycles. The number of aliphatic hydroxyl groups is 1. The van der Waals surface area contributed by atoms with Gasteiger partial charge in [0, 0.05) is 32.6 Å². The lowest BCUT2D eigenvalue weighted by molar-refractivity contribution is -0.135. The second kappa shape index (κ2) is 6.20. The zero-order chi connectivity index (χ0) is 13.8. The van der Waals surface area contributed by atoms with Crippen molar-refractivity contribution in [2.75, 3.05) is 32.8 Å². The van der Waals surface area contributed by atoms with E-state index in [1.54, 1.807) is 0 Å². The van der Waals surface area contributed by atoms with Crippen molar-refractivity contribution in [2.45, 2.75) is 44.6 Å². The number of piperidine rings is 1. The highest BCUT2D eigenvalue weighted by Gasteiger charge is 2.39. The molecular formula is C14H26N2O3. The Morgan fingerprint density at radius 2 is 1.89 bits per heavy atom.